The van der Waals surface area contributed by atoms with Gasteiger partial charge in [-0.3, -0.25) is 0 Å². The van der Waals surface area contributed by atoms with E-state index in [4.69, 9.17) is 0 Å². The van der Waals surface area contributed by atoms with Gasteiger partial charge in [0.2, 0.25) is 0 Å². The summed E-state index contributed by atoms with van der Waals surface area (Å²) in [4.78, 5) is 8.40. The highest BCUT2D eigenvalue weighted by molar-refractivity contribution is 5.70. The number of rotatable bonds is 0. The molecule has 0 saturated heterocycles. The highest BCUT2D eigenvalue weighted by atomic mass is 15.1. The molecule has 0 amide bonds. The lowest BCUT2D eigenvalue weighted by atomic mass is 10.3. The molecular weight excluding hydrogens is 186 g/mol. The Kier molecular flexibility index (Phi) is 6.34. The van der Waals surface area contributed by atoms with E-state index in [0.29, 0.717) is 0 Å². The molecule has 0 N–H and O–H groups in total. The van der Waals surface area contributed by atoms with Crippen LogP contribution in [0.25, 0.3) is 11.2 Å². The van der Waals surface area contributed by atoms with Crippen molar-refractivity contribution in [2.45, 2.75) is 34.6 Å². The smallest absolute Gasteiger partial charge is 0.177 e. The Hall–Kier alpha value is -1.38. The molecule has 2 aromatic rings. The summed E-state index contributed by atoms with van der Waals surface area (Å²) in [5.41, 5.74) is 2.92. The number of fused-ring (bicyclic) bond motifs is 1. The number of hydrogen-bond acceptors (Lipinski definition) is 2. The van der Waals surface area contributed by atoms with Gasteiger partial charge >= 0.3 is 0 Å². The number of pyridine rings is 1. The number of aryl methyl sites for hydroxylation is 2. The zero-order valence-electron chi connectivity index (χ0n) is 10.6. The van der Waals surface area contributed by atoms with Gasteiger partial charge in [-0.15, -0.1) is 0 Å². The number of hydrogen-bond donors (Lipinski definition) is 0. The van der Waals surface area contributed by atoms with Gasteiger partial charge in [0.05, 0.1) is 11.8 Å². The van der Waals surface area contributed by atoms with Crippen molar-refractivity contribution in [2.75, 3.05) is 0 Å². The molecule has 3 nitrogen and oxygen atoms in total. The minimum absolute atomic E-state index is 0.826. The van der Waals surface area contributed by atoms with Crippen molar-refractivity contribution in [1.29, 1.82) is 0 Å². The summed E-state index contributed by atoms with van der Waals surface area (Å²) in [5, 5.41) is 0. The minimum Gasteiger partial charge on any atom is -0.332 e. The van der Waals surface area contributed by atoms with Crippen LogP contribution in [0.4, 0.5) is 0 Å². The largest absolute Gasteiger partial charge is 0.332 e. The van der Waals surface area contributed by atoms with E-state index in [1.54, 1.807) is 6.33 Å². The zero-order valence-corrected chi connectivity index (χ0v) is 10.6. The van der Waals surface area contributed by atoms with Crippen molar-refractivity contribution >= 4 is 11.2 Å². The van der Waals surface area contributed by atoms with E-state index in [1.165, 1.54) is 0 Å². The van der Waals surface area contributed by atoms with Gasteiger partial charge in [0.1, 0.15) is 0 Å². The molecule has 0 saturated carbocycles. The van der Waals surface area contributed by atoms with Crippen LogP contribution in [0, 0.1) is 6.92 Å². The van der Waals surface area contributed by atoms with Crippen molar-refractivity contribution in [3.63, 3.8) is 0 Å². The molecule has 0 radical (unpaired) electrons. The SMILES string of the molecule is CC.CC.Cc1ccc2c(ncn2C)n1. The maximum atomic E-state index is 4.26. The first-order valence-electron chi connectivity index (χ1n) is 5.52. The molecule has 15 heavy (non-hydrogen) atoms. The molecule has 0 aliphatic heterocycles. The Morgan fingerprint density at radius 1 is 1.07 bits per heavy atom. The van der Waals surface area contributed by atoms with Crippen LogP contribution < -0.4 is 0 Å². The lowest BCUT2D eigenvalue weighted by molar-refractivity contribution is 0.947. The summed E-state index contributed by atoms with van der Waals surface area (Å²) >= 11 is 0. The molecule has 0 spiro atoms. The van der Waals surface area contributed by atoms with Crippen LogP contribution in [0.2, 0.25) is 0 Å². The second-order valence-electron chi connectivity index (χ2n) is 2.65. The molecule has 3 heteroatoms. The summed E-state index contributed by atoms with van der Waals surface area (Å²) in [6.45, 7) is 9.97. The molecule has 2 heterocycles. The zero-order chi connectivity index (χ0) is 11.8. The van der Waals surface area contributed by atoms with Gasteiger partial charge in [-0.1, -0.05) is 27.7 Å². The fourth-order valence-electron chi connectivity index (χ4n) is 1.11. The molecule has 0 bridgehead atoms. The van der Waals surface area contributed by atoms with Crippen LogP contribution in [0.1, 0.15) is 33.4 Å². The van der Waals surface area contributed by atoms with Crippen LogP contribution in [-0.2, 0) is 7.05 Å². The number of nitrogens with zero attached hydrogens (tertiary/aromatic N) is 3. The molecule has 84 valence electrons. The van der Waals surface area contributed by atoms with E-state index in [1.807, 2.05) is 58.4 Å². The number of aromatic nitrogens is 3. The van der Waals surface area contributed by atoms with E-state index in [9.17, 15) is 0 Å². The third-order valence-corrected chi connectivity index (χ3v) is 1.73. The topological polar surface area (TPSA) is 30.7 Å². The first-order chi connectivity index (χ1) is 7.27. The maximum Gasteiger partial charge on any atom is 0.177 e. The Bertz CT molecular complexity index is 391. The average molecular weight is 207 g/mol. The monoisotopic (exact) mass is 207 g/mol. The van der Waals surface area contributed by atoms with Crippen LogP contribution in [0.3, 0.4) is 0 Å². The molecule has 0 unspecified atom stereocenters. The Balaban J connectivity index is 0.000000442. The standard InChI is InChI=1S/C8H9N3.2C2H6/c1-6-3-4-7-8(10-6)9-5-11(7)2;2*1-2/h3-5H,1-2H3;2*1-2H3. The fourth-order valence-corrected chi connectivity index (χ4v) is 1.11. The third-order valence-electron chi connectivity index (χ3n) is 1.73. The molecule has 0 aliphatic carbocycles. The van der Waals surface area contributed by atoms with E-state index in [0.717, 1.165) is 16.9 Å². The van der Waals surface area contributed by atoms with Crippen LogP contribution >= 0.6 is 0 Å². The third kappa shape index (κ3) is 3.35. The van der Waals surface area contributed by atoms with E-state index < -0.39 is 0 Å². The summed E-state index contributed by atoms with van der Waals surface area (Å²) in [6, 6.07) is 4.02. The quantitative estimate of drug-likeness (QED) is 0.663. The highest BCUT2D eigenvalue weighted by Crippen LogP contribution is 2.08. The summed E-state index contributed by atoms with van der Waals surface area (Å²) in [7, 11) is 1.96. The molecule has 0 aliphatic rings. The lowest BCUT2D eigenvalue weighted by Crippen LogP contribution is -1.85. The van der Waals surface area contributed by atoms with Gasteiger partial charge in [0.25, 0.3) is 0 Å². The predicted octanol–water partition coefficient (Wildman–Crippen LogP) is 3.33. The Morgan fingerprint density at radius 2 is 1.67 bits per heavy atom. The van der Waals surface area contributed by atoms with Crippen molar-refractivity contribution in [3.8, 4) is 0 Å². The molecule has 2 rings (SSSR count). The van der Waals surface area contributed by atoms with E-state index >= 15 is 0 Å². The van der Waals surface area contributed by atoms with Gasteiger partial charge in [0.15, 0.2) is 5.65 Å². The lowest BCUT2D eigenvalue weighted by Gasteiger charge is -1.93. The van der Waals surface area contributed by atoms with Crippen molar-refractivity contribution in [1.82, 2.24) is 14.5 Å². The van der Waals surface area contributed by atoms with Gasteiger partial charge in [-0.25, -0.2) is 9.97 Å². The van der Waals surface area contributed by atoms with Crippen molar-refractivity contribution in [3.05, 3.63) is 24.2 Å². The Morgan fingerprint density at radius 3 is 2.27 bits per heavy atom. The minimum atomic E-state index is 0.826. The highest BCUT2D eigenvalue weighted by Gasteiger charge is 1.98. The van der Waals surface area contributed by atoms with Crippen molar-refractivity contribution < 1.29 is 0 Å². The second-order valence-corrected chi connectivity index (χ2v) is 2.65. The molecule has 0 atom stereocenters. The predicted molar refractivity (Wildman–Crippen MR) is 65.9 cm³/mol. The molecule has 0 aromatic carbocycles. The van der Waals surface area contributed by atoms with Crippen LogP contribution in [0.5, 0.6) is 0 Å². The summed E-state index contributed by atoms with van der Waals surface area (Å²) in [6.07, 6.45) is 1.77. The molecule has 2 aromatic heterocycles. The van der Waals surface area contributed by atoms with Crippen molar-refractivity contribution in [2.24, 2.45) is 7.05 Å². The first-order valence-corrected chi connectivity index (χ1v) is 5.52. The van der Waals surface area contributed by atoms with Crippen LogP contribution in [-0.4, -0.2) is 14.5 Å². The van der Waals surface area contributed by atoms with E-state index in [-0.39, 0.29) is 0 Å². The molecular formula is C12H21N3. The van der Waals surface area contributed by atoms with Gasteiger partial charge in [-0.05, 0) is 19.1 Å². The normalized spacial score (nSPS) is 8.67. The Labute approximate surface area is 92.2 Å². The average Bonchev–Trinajstić information content (AvgIpc) is 2.65. The van der Waals surface area contributed by atoms with Gasteiger partial charge < -0.3 is 4.57 Å². The fraction of sp³-hybridized carbons (Fsp3) is 0.500. The van der Waals surface area contributed by atoms with Crippen LogP contribution in [0.15, 0.2) is 18.5 Å². The number of imidazole rings is 1. The molecule has 0 fully saturated rings. The maximum absolute atomic E-state index is 4.26. The van der Waals surface area contributed by atoms with Gasteiger partial charge in [0, 0.05) is 12.7 Å². The first kappa shape index (κ1) is 13.6. The summed E-state index contributed by atoms with van der Waals surface area (Å²) < 4.78 is 1.96. The van der Waals surface area contributed by atoms with Gasteiger partial charge in [-0.2, -0.15) is 0 Å². The summed E-state index contributed by atoms with van der Waals surface area (Å²) in [5.74, 6) is 0. The van der Waals surface area contributed by atoms with E-state index in [2.05, 4.69) is 9.97 Å². The second kappa shape index (κ2) is 6.98.